The molecule has 0 aromatic heterocycles. The Balaban J connectivity index is 2.45. The van der Waals surface area contributed by atoms with Crippen LogP contribution in [0.5, 0.6) is 5.75 Å². The number of nitrogens with two attached hydrogens (primary N) is 1. The van der Waals surface area contributed by atoms with Crippen LogP contribution < -0.4 is 15.4 Å². The van der Waals surface area contributed by atoms with Crippen LogP contribution in [0.1, 0.15) is 11.5 Å². The van der Waals surface area contributed by atoms with Crippen LogP contribution in [0.15, 0.2) is 59.1 Å². The number of nitrogens with zero attached hydrogens (tertiary/aromatic N) is 2. The van der Waals surface area contributed by atoms with Crippen LogP contribution in [0.3, 0.4) is 0 Å². The van der Waals surface area contributed by atoms with E-state index in [1.54, 1.807) is 30.3 Å². The lowest BCUT2D eigenvalue weighted by atomic mass is 9.81. The molecule has 1 aliphatic rings. The number of anilines is 1. The molecule has 0 amide bonds. The van der Waals surface area contributed by atoms with Crippen molar-refractivity contribution >= 4 is 52.4 Å². The number of hydrogen-bond acceptors (Lipinski definition) is 8. The number of ether oxygens (including phenoxy) is 3. The van der Waals surface area contributed by atoms with Crippen LogP contribution in [0, 0.1) is 11.3 Å². The minimum absolute atomic E-state index is 0.224. The fourth-order valence-corrected chi connectivity index (χ4v) is 4.50. The average molecular weight is 577 g/mol. The maximum Gasteiger partial charge on any atom is 0.573 e. The maximum atomic E-state index is 13.1. The first-order valence-electron chi connectivity index (χ1n) is 9.96. The van der Waals surface area contributed by atoms with E-state index in [-0.39, 0.29) is 11.1 Å². The van der Waals surface area contributed by atoms with Gasteiger partial charge in [0.05, 0.1) is 53.1 Å². The molecular formula is C23H15Cl3F3N3O5. The number of carbonyl (C=O) groups excluding carboxylic acids is 2. The number of methoxy groups -OCH3 is 2. The maximum absolute atomic E-state index is 13.1. The average Bonchev–Trinajstić information content (AvgIpc) is 2.86. The zero-order chi connectivity index (χ0) is 27.7. The highest BCUT2D eigenvalue weighted by molar-refractivity contribution is 6.47. The summed E-state index contributed by atoms with van der Waals surface area (Å²) in [7, 11) is 2.06. The third-order valence-corrected chi connectivity index (χ3v) is 6.29. The lowest BCUT2D eigenvalue weighted by molar-refractivity contribution is -0.274. The Morgan fingerprint density at radius 1 is 1.05 bits per heavy atom. The number of alkyl halides is 3. The van der Waals surface area contributed by atoms with Crippen molar-refractivity contribution in [1.29, 1.82) is 5.26 Å². The van der Waals surface area contributed by atoms with Gasteiger partial charge in [0.15, 0.2) is 5.75 Å². The minimum Gasteiger partial charge on any atom is -0.466 e. The highest BCUT2D eigenvalue weighted by Crippen LogP contribution is 2.50. The van der Waals surface area contributed by atoms with Gasteiger partial charge in [-0.1, -0.05) is 65.1 Å². The largest absolute Gasteiger partial charge is 0.573 e. The third kappa shape index (κ3) is 5.27. The summed E-state index contributed by atoms with van der Waals surface area (Å²) in [5.74, 6) is -4.71. The fraction of sp³-hybridized carbons (Fsp3) is 0.174. The van der Waals surface area contributed by atoms with Crippen molar-refractivity contribution in [2.45, 2.75) is 12.3 Å². The molecule has 1 unspecified atom stereocenters. The Bertz CT molecular complexity index is 1370. The number of hydrogen-bond donors (Lipinski definition) is 1. The predicted molar refractivity (Wildman–Crippen MR) is 128 cm³/mol. The van der Waals surface area contributed by atoms with E-state index in [4.69, 9.17) is 50.0 Å². The molecule has 1 heterocycles. The number of benzene rings is 2. The summed E-state index contributed by atoms with van der Waals surface area (Å²) >= 11 is 18.6. The number of nitriles is 1. The van der Waals surface area contributed by atoms with Gasteiger partial charge in [0.25, 0.3) is 0 Å². The SMILES string of the molecule is COC(=O)C1=C(C(=O)OC)N(c2c(Cl)cc(OC(F)(F)F)c(Cl)c2Cl)C(N)=C(C#N)C1c1ccccc1. The third-order valence-electron chi connectivity index (χ3n) is 5.16. The fourth-order valence-electron chi connectivity index (χ4n) is 3.71. The summed E-state index contributed by atoms with van der Waals surface area (Å²) in [5.41, 5.74) is 5.16. The monoisotopic (exact) mass is 575 g/mol. The van der Waals surface area contributed by atoms with Crippen LogP contribution >= 0.6 is 34.8 Å². The van der Waals surface area contributed by atoms with Crippen LogP contribution in [0.25, 0.3) is 0 Å². The Hall–Kier alpha value is -3.59. The molecule has 194 valence electrons. The van der Waals surface area contributed by atoms with E-state index in [9.17, 15) is 28.0 Å². The van der Waals surface area contributed by atoms with Gasteiger partial charge in [-0.15, -0.1) is 13.2 Å². The van der Waals surface area contributed by atoms with Gasteiger partial charge in [-0.05, 0) is 5.56 Å². The molecule has 0 bridgehead atoms. The molecule has 8 nitrogen and oxygen atoms in total. The van der Waals surface area contributed by atoms with Gasteiger partial charge in [-0.3, -0.25) is 4.90 Å². The summed E-state index contributed by atoms with van der Waals surface area (Å²) in [6.07, 6.45) is -5.13. The second-order valence-electron chi connectivity index (χ2n) is 7.22. The zero-order valence-electron chi connectivity index (χ0n) is 18.8. The molecule has 2 aromatic carbocycles. The van der Waals surface area contributed by atoms with Crippen molar-refractivity contribution < 1.29 is 37.0 Å². The van der Waals surface area contributed by atoms with Crippen LogP contribution in [-0.4, -0.2) is 32.5 Å². The highest BCUT2D eigenvalue weighted by Gasteiger charge is 2.44. The van der Waals surface area contributed by atoms with E-state index in [0.717, 1.165) is 19.1 Å². The molecule has 0 radical (unpaired) electrons. The lowest BCUT2D eigenvalue weighted by Crippen LogP contribution is -2.41. The van der Waals surface area contributed by atoms with Crippen LogP contribution in [0.2, 0.25) is 15.1 Å². The number of halogens is 6. The molecular weight excluding hydrogens is 562 g/mol. The van der Waals surface area contributed by atoms with Crippen molar-refractivity contribution in [2.75, 3.05) is 19.1 Å². The van der Waals surface area contributed by atoms with Gasteiger partial charge in [-0.2, -0.15) is 5.26 Å². The van der Waals surface area contributed by atoms with Gasteiger partial charge >= 0.3 is 18.3 Å². The quantitative estimate of drug-likeness (QED) is 0.370. The van der Waals surface area contributed by atoms with E-state index in [0.29, 0.717) is 11.6 Å². The van der Waals surface area contributed by atoms with Crippen LogP contribution in [0.4, 0.5) is 18.9 Å². The Morgan fingerprint density at radius 3 is 2.16 bits per heavy atom. The Morgan fingerprint density at radius 2 is 1.65 bits per heavy atom. The second kappa shape index (κ2) is 10.8. The second-order valence-corrected chi connectivity index (χ2v) is 8.38. The van der Waals surface area contributed by atoms with Gasteiger partial charge in [0.1, 0.15) is 16.5 Å². The van der Waals surface area contributed by atoms with E-state index in [1.807, 2.05) is 6.07 Å². The summed E-state index contributed by atoms with van der Waals surface area (Å²) < 4.78 is 52.1. The molecule has 14 heteroatoms. The number of esters is 2. The summed E-state index contributed by atoms with van der Waals surface area (Å²) in [6, 6.07) is 10.7. The molecule has 2 aromatic rings. The van der Waals surface area contributed by atoms with Crippen molar-refractivity contribution in [3.05, 3.63) is 79.7 Å². The first-order chi connectivity index (χ1) is 17.4. The van der Waals surface area contributed by atoms with Crippen molar-refractivity contribution in [3.8, 4) is 11.8 Å². The Labute approximate surface area is 223 Å². The standard InChI is InChI=1S/C23H15Cl3F3N3O5/c1-35-21(33)15-14(10-6-4-3-5-7-10)11(9-30)20(31)32(19(15)22(34)36-2)18-12(24)8-13(16(25)17(18)26)37-23(27,28)29/h3-8,14H,31H2,1-2H3. The highest BCUT2D eigenvalue weighted by atomic mass is 35.5. The molecule has 0 saturated heterocycles. The molecule has 1 aliphatic heterocycles. The minimum atomic E-state index is -5.13. The van der Waals surface area contributed by atoms with Crippen molar-refractivity contribution in [2.24, 2.45) is 5.73 Å². The first-order valence-corrected chi connectivity index (χ1v) is 11.1. The first kappa shape index (κ1) is 28.0. The molecule has 0 spiro atoms. The number of carbonyl (C=O) groups is 2. The van der Waals surface area contributed by atoms with Gasteiger partial charge in [0, 0.05) is 6.07 Å². The predicted octanol–water partition coefficient (Wildman–Crippen LogP) is 5.44. The van der Waals surface area contributed by atoms with Gasteiger partial charge in [0.2, 0.25) is 0 Å². The molecule has 37 heavy (non-hydrogen) atoms. The van der Waals surface area contributed by atoms with Gasteiger partial charge in [-0.25, -0.2) is 9.59 Å². The molecule has 0 aliphatic carbocycles. The molecule has 0 fully saturated rings. The molecule has 0 saturated carbocycles. The van der Waals surface area contributed by atoms with Crippen molar-refractivity contribution in [1.82, 2.24) is 0 Å². The molecule has 3 rings (SSSR count). The summed E-state index contributed by atoms with van der Waals surface area (Å²) in [6.45, 7) is 0. The van der Waals surface area contributed by atoms with E-state index < -0.39 is 62.2 Å². The Kier molecular flexibility index (Phi) is 8.17. The molecule has 2 N–H and O–H groups in total. The lowest BCUT2D eigenvalue weighted by Gasteiger charge is -2.36. The zero-order valence-corrected chi connectivity index (χ0v) is 21.1. The van der Waals surface area contributed by atoms with E-state index in [2.05, 4.69) is 4.74 Å². The summed E-state index contributed by atoms with van der Waals surface area (Å²) in [5, 5.41) is 8.15. The van der Waals surface area contributed by atoms with Crippen LogP contribution in [-0.2, 0) is 19.1 Å². The topological polar surface area (TPSA) is 115 Å². The summed E-state index contributed by atoms with van der Waals surface area (Å²) in [4.78, 5) is 26.9. The number of rotatable bonds is 5. The van der Waals surface area contributed by atoms with E-state index in [1.165, 1.54) is 0 Å². The van der Waals surface area contributed by atoms with Crippen molar-refractivity contribution in [3.63, 3.8) is 0 Å². The molecule has 1 atom stereocenters. The smallest absolute Gasteiger partial charge is 0.466 e. The number of allylic oxidation sites excluding steroid dienone is 1. The van der Waals surface area contributed by atoms with E-state index >= 15 is 0 Å². The van der Waals surface area contributed by atoms with Gasteiger partial charge < -0.3 is 19.9 Å². The normalized spacial score (nSPS) is 15.9.